The molecule has 0 aromatic rings. The summed E-state index contributed by atoms with van der Waals surface area (Å²) >= 11 is 0. The summed E-state index contributed by atoms with van der Waals surface area (Å²) < 4.78 is 5.56. The lowest BCUT2D eigenvalue weighted by molar-refractivity contribution is -0.150. The van der Waals surface area contributed by atoms with Gasteiger partial charge in [0.2, 0.25) is 0 Å². The van der Waals surface area contributed by atoms with Crippen LogP contribution in [0.2, 0.25) is 0 Å². The quantitative estimate of drug-likeness (QED) is 0.525. The predicted molar refractivity (Wildman–Crippen MR) is 64.0 cm³/mol. The molecule has 0 saturated heterocycles. The molecule has 1 atom stereocenters. The van der Waals surface area contributed by atoms with Gasteiger partial charge < -0.3 is 4.74 Å². The summed E-state index contributed by atoms with van der Waals surface area (Å²) in [5.41, 5.74) is 2.17. The smallest absolute Gasteiger partial charge is 0.331 e. The molecule has 0 aromatic heterocycles. The van der Waals surface area contributed by atoms with Crippen LogP contribution in [-0.4, -0.2) is 11.6 Å². The fraction of sp³-hybridized carbons (Fsp3) is 0.643. The van der Waals surface area contributed by atoms with Crippen LogP contribution in [0.3, 0.4) is 0 Å². The number of rotatable bonds is 2. The summed E-state index contributed by atoms with van der Waals surface area (Å²) in [7, 11) is 0. The van der Waals surface area contributed by atoms with Gasteiger partial charge in [0, 0.05) is 12.5 Å². The van der Waals surface area contributed by atoms with E-state index in [1.165, 1.54) is 24.0 Å². The molecule has 0 radical (unpaired) electrons. The van der Waals surface area contributed by atoms with Crippen molar-refractivity contribution in [1.29, 1.82) is 0 Å². The van der Waals surface area contributed by atoms with Crippen molar-refractivity contribution in [3.8, 4) is 0 Å². The van der Waals surface area contributed by atoms with E-state index in [1.807, 2.05) is 0 Å². The standard InChI is InChI=1S/C14H20O2/c1-3-11-9-13(15)16-14(2,10-11)12-7-5-4-6-8-12/h7,9H,3-6,8,10H2,1-2H3/t14-/m1/s1. The molecule has 1 aliphatic heterocycles. The van der Waals surface area contributed by atoms with Gasteiger partial charge in [-0.1, -0.05) is 18.6 Å². The highest BCUT2D eigenvalue weighted by Crippen LogP contribution is 2.38. The lowest BCUT2D eigenvalue weighted by Crippen LogP contribution is -2.37. The van der Waals surface area contributed by atoms with Crippen LogP contribution in [0.5, 0.6) is 0 Å². The van der Waals surface area contributed by atoms with Gasteiger partial charge in [0.1, 0.15) is 5.60 Å². The molecule has 2 heteroatoms. The minimum Gasteiger partial charge on any atom is -0.451 e. The van der Waals surface area contributed by atoms with Gasteiger partial charge in [0.05, 0.1) is 0 Å². The molecule has 1 aliphatic carbocycles. The molecule has 16 heavy (non-hydrogen) atoms. The zero-order valence-corrected chi connectivity index (χ0v) is 10.2. The van der Waals surface area contributed by atoms with Gasteiger partial charge in [-0.3, -0.25) is 0 Å². The fourth-order valence-electron chi connectivity index (χ4n) is 2.66. The maximum Gasteiger partial charge on any atom is 0.331 e. The Kier molecular flexibility index (Phi) is 3.17. The third kappa shape index (κ3) is 2.21. The third-order valence-electron chi connectivity index (χ3n) is 3.64. The summed E-state index contributed by atoms with van der Waals surface area (Å²) in [5.74, 6) is -0.169. The van der Waals surface area contributed by atoms with Crippen molar-refractivity contribution < 1.29 is 9.53 Å². The van der Waals surface area contributed by atoms with Gasteiger partial charge in [-0.2, -0.15) is 0 Å². The van der Waals surface area contributed by atoms with E-state index >= 15 is 0 Å². The zero-order valence-electron chi connectivity index (χ0n) is 10.2. The summed E-state index contributed by atoms with van der Waals surface area (Å²) in [6.45, 7) is 4.16. The predicted octanol–water partition coefficient (Wildman–Crippen LogP) is 3.53. The molecule has 0 fully saturated rings. The molecule has 2 aliphatic rings. The SMILES string of the molecule is CCC1=CC(=O)O[C@@](C)(C2=CCCCC2)C1. The molecule has 88 valence electrons. The van der Waals surface area contributed by atoms with Crippen molar-refractivity contribution in [2.24, 2.45) is 0 Å². The van der Waals surface area contributed by atoms with Crippen LogP contribution in [0, 0.1) is 0 Å². The molecule has 0 saturated carbocycles. The molecule has 0 spiro atoms. The van der Waals surface area contributed by atoms with Crippen LogP contribution in [0.4, 0.5) is 0 Å². The van der Waals surface area contributed by atoms with Crippen molar-refractivity contribution in [2.75, 3.05) is 0 Å². The van der Waals surface area contributed by atoms with E-state index in [0.717, 1.165) is 25.7 Å². The van der Waals surface area contributed by atoms with Crippen molar-refractivity contribution >= 4 is 5.97 Å². The number of hydrogen-bond donors (Lipinski definition) is 0. The third-order valence-corrected chi connectivity index (χ3v) is 3.64. The summed E-state index contributed by atoms with van der Waals surface area (Å²) in [6, 6.07) is 0. The van der Waals surface area contributed by atoms with Gasteiger partial charge in [-0.05, 0) is 44.6 Å². The molecule has 0 unspecified atom stereocenters. The van der Waals surface area contributed by atoms with Gasteiger partial charge in [-0.15, -0.1) is 0 Å². The van der Waals surface area contributed by atoms with E-state index in [4.69, 9.17) is 4.74 Å². The topological polar surface area (TPSA) is 26.3 Å². The van der Waals surface area contributed by atoms with Crippen molar-refractivity contribution in [3.63, 3.8) is 0 Å². The minimum absolute atomic E-state index is 0.169. The summed E-state index contributed by atoms with van der Waals surface area (Å²) in [5, 5.41) is 0. The van der Waals surface area contributed by atoms with Gasteiger partial charge in [0.15, 0.2) is 0 Å². The molecule has 1 heterocycles. The molecule has 2 rings (SSSR count). The minimum atomic E-state index is -0.363. The fourth-order valence-corrected chi connectivity index (χ4v) is 2.66. The highest BCUT2D eigenvalue weighted by molar-refractivity contribution is 5.84. The average Bonchev–Trinajstić information content (AvgIpc) is 2.29. The van der Waals surface area contributed by atoms with Crippen molar-refractivity contribution in [3.05, 3.63) is 23.3 Å². The normalized spacial score (nSPS) is 30.5. The Labute approximate surface area is 97.4 Å². The number of ether oxygens (including phenoxy) is 1. The lowest BCUT2D eigenvalue weighted by Gasteiger charge is -2.36. The number of esters is 1. The Morgan fingerprint density at radius 3 is 2.88 bits per heavy atom. The Balaban J connectivity index is 2.22. The van der Waals surface area contributed by atoms with Crippen LogP contribution in [0.15, 0.2) is 23.3 Å². The summed E-state index contributed by atoms with van der Waals surface area (Å²) in [6.07, 6.45) is 10.5. The molecule has 2 nitrogen and oxygen atoms in total. The van der Waals surface area contributed by atoms with Gasteiger partial charge >= 0.3 is 5.97 Å². The highest BCUT2D eigenvalue weighted by atomic mass is 16.6. The first-order valence-corrected chi connectivity index (χ1v) is 6.26. The monoisotopic (exact) mass is 220 g/mol. The van der Waals surface area contributed by atoms with Crippen LogP contribution >= 0.6 is 0 Å². The highest BCUT2D eigenvalue weighted by Gasteiger charge is 2.36. The first-order chi connectivity index (χ1) is 7.64. The molecule has 0 N–H and O–H groups in total. The second kappa shape index (κ2) is 4.44. The van der Waals surface area contributed by atoms with E-state index in [0.29, 0.717) is 0 Å². The second-order valence-electron chi connectivity index (χ2n) is 4.96. The van der Waals surface area contributed by atoms with E-state index in [1.54, 1.807) is 6.08 Å². The molecule has 0 bridgehead atoms. The maximum atomic E-state index is 11.6. The first-order valence-electron chi connectivity index (χ1n) is 6.26. The van der Waals surface area contributed by atoms with Crippen LogP contribution in [-0.2, 0) is 9.53 Å². The van der Waals surface area contributed by atoms with E-state index < -0.39 is 0 Å². The molecular formula is C14H20O2. The maximum absolute atomic E-state index is 11.6. The summed E-state index contributed by atoms with van der Waals surface area (Å²) in [4.78, 5) is 11.6. The first kappa shape index (κ1) is 11.4. The van der Waals surface area contributed by atoms with Gasteiger partial charge in [-0.25, -0.2) is 4.79 Å². The molecular weight excluding hydrogens is 200 g/mol. The van der Waals surface area contributed by atoms with Gasteiger partial charge in [0.25, 0.3) is 0 Å². The number of carbonyl (C=O) groups is 1. The Bertz CT molecular complexity index is 352. The Morgan fingerprint density at radius 1 is 1.44 bits per heavy atom. The number of allylic oxidation sites excluding steroid dienone is 1. The number of hydrogen-bond acceptors (Lipinski definition) is 2. The Morgan fingerprint density at radius 2 is 2.25 bits per heavy atom. The second-order valence-corrected chi connectivity index (χ2v) is 4.96. The number of carbonyl (C=O) groups excluding carboxylic acids is 1. The van der Waals surface area contributed by atoms with Crippen LogP contribution in [0.1, 0.15) is 52.4 Å². The van der Waals surface area contributed by atoms with Crippen molar-refractivity contribution in [2.45, 2.75) is 58.0 Å². The number of cyclic esters (lactones) is 1. The van der Waals surface area contributed by atoms with E-state index in [2.05, 4.69) is 19.9 Å². The zero-order chi connectivity index (χ0) is 11.6. The van der Waals surface area contributed by atoms with Crippen molar-refractivity contribution in [1.82, 2.24) is 0 Å². The molecule has 0 amide bonds. The largest absolute Gasteiger partial charge is 0.451 e. The average molecular weight is 220 g/mol. The van der Waals surface area contributed by atoms with Crippen LogP contribution in [0.25, 0.3) is 0 Å². The lowest BCUT2D eigenvalue weighted by atomic mass is 9.81. The Hall–Kier alpha value is -1.05. The molecule has 0 aromatic carbocycles. The van der Waals surface area contributed by atoms with E-state index in [-0.39, 0.29) is 11.6 Å². The van der Waals surface area contributed by atoms with Crippen LogP contribution < -0.4 is 0 Å². The van der Waals surface area contributed by atoms with E-state index in [9.17, 15) is 4.79 Å².